The predicted molar refractivity (Wildman–Crippen MR) is 82.9 cm³/mol. The number of rotatable bonds is 5. The molecule has 0 radical (unpaired) electrons. The van der Waals surface area contributed by atoms with Gasteiger partial charge < -0.3 is 9.64 Å². The zero-order chi connectivity index (χ0) is 15.2. The van der Waals surface area contributed by atoms with Crippen LogP contribution in [0.3, 0.4) is 0 Å². The molecule has 5 heteroatoms. The van der Waals surface area contributed by atoms with Crippen molar-refractivity contribution in [1.29, 1.82) is 0 Å². The van der Waals surface area contributed by atoms with Gasteiger partial charge in [0.25, 0.3) is 5.91 Å². The van der Waals surface area contributed by atoms with E-state index in [0.29, 0.717) is 5.75 Å². The molecule has 1 amide bonds. The number of hydrazine groups is 1. The van der Waals surface area contributed by atoms with E-state index in [1.165, 1.54) is 0 Å². The van der Waals surface area contributed by atoms with Gasteiger partial charge in [0.1, 0.15) is 5.75 Å². The Balaban J connectivity index is 2.27. The summed E-state index contributed by atoms with van der Waals surface area (Å²) < 4.78 is 5.83. The molecule has 0 aliphatic heterocycles. The average molecular weight is 285 g/mol. The quantitative estimate of drug-likeness (QED) is 0.500. The maximum absolute atomic E-state index is 12.0. The van der Waals surface area contributed by atoms with Gasteiger partial charge in [-0.1, -0.05) is 36.4 Å². The third kappa shape index (κ3) is 3.73. The Labute approximate surface area is 124 Å². The number of carbonyl (C=O) groups is 1. The minimum Gasteiger partial charge on any atom is -0.476 e. The van der Waals surface area contributed by atoms with Crippen LogP contribution in [-0.4, -0.2) is 20.0 Å². The van der Waals surface area contributed by atoms with E-state index in [1.807, 2.05) is 73.6 Å². The molecule has 0 spiro atoms. The molecular weight excluding hydrogens is 266 g/mol. The molecule has 0 bridgehead atoms. The van der Waals surface area contributed by atoms with E-state index in [-0.39, 0.29) is 0 Å². The summed E-state index contributed by atoms with van der Waals surface area (Å²) in [5.41, 5.74) is 3.89. The lowest BCUT2D eigenvalue weighted by atomic mass is 10.1. The van der Waals surface area contributed by atoms with Crippen LogP contribution < -0.4 is 20.9 Å². The van der Waals surface area contributed by atoms with Crippen LogP contribution in [-0.2, 0) is 4.79 Å². The Morgan fingerprint density at radius 3 is 2.48 bits per heavy atom. The Morgan fingerprint density at radius 1 is 1.14 bits per heavy atom. The van der Waals surface area contributed by atoms with Gasteiger partial charge in [0.15, 0.2) is 0 Å². The van der Waals surface area contributed by atoms with E-state index in [2.05, 4.69) is 5.43 Å². The maximum atomic E-state index is 12.0. The third-order valence-corrected chi connectivity index (χ3v) is 3.07. The molecule has 0 saturated heterocycles. The van der Waals surface area contributed by atoms with Crippen molar-refractivity contribution >= 4 is 11.6 Å². The van der Waals surface area contributed by atoms with Gasteiger partial charge in [-0.25, -0.2) is 5.84 Å². The lowest BCUT2D eigenvalue weighted by Crippen LogP contribution is -2.37. The van der Waals surface area contributed by atoms with Crippen molar-refractivity contribution in [2.24, 2.45) is 5.84 Å². The number of nitrogens with zero attached hydrogens (tertiary/aromatic N) is 1. The summed E-state index contributed by atoms with van der Waals surface area (Å²) in [6.45, 7) is 0. The molecule has 110 valence electrons. The van der Waals surface area contributed by atoms with Crippen molar-refractivity contribution in [1.82, 2.24) is 5.43 Å². The smallest absolute Gasteiger partial charge is 0.279 e. The Kier molecular flexibility index (Phi) is 4.79. The van der Waals surface area contributed by atoms with Gasteiger partial charge in [-0.3, -0.25) is 10.2 Å². The van der Waals surface area contributed by atoms with Crippen molar-refractivity contribution in [3.63, 3.8) is 0 Å². The molecule has 0 aliphatic rings. The summed E-state index contributed by atoms with van der Waals surface area (Å²) in [4.78, 5) is 13.9. The lowest BCUT2D eigenvalue weighted by molar-refractivity contribution is -0.128. The lowest BCUT2D eigenvalue weighted by Gasteiger charge is -2.19. The van der Waals surface area contributed by atoms with E-state index < -0.39 is 12.0 Å². The standard InChI is InChI=1S/C16H19N3O2/c1-19(2)13-9-6-10-14(11-13)21-15(16(20)18-17)12-7-4-3-5-8-12/h3-11,15H,17H2,1-2H3,(H,18,20). The minimum atomic E-state index is -0.784. The number of nitrogens with one attached hydrogen (secondary N) is 1. The number of anilines is 1. The second kappa shape index (κ2) is 6.76. The van der Waals surface area contributed by atoms with Crippen LogP contribution in [0.25, 0.3) is 0 Å². The predicted octanol–water partition coefficient (Wildman–Crippen LogP) is 1.86. The van der Waals surface area contributed by atoms with Gasteiger partial charge in [-0.05, 0) is 12.1 Å². The van der Waals surface area contributed by atoms with Crippen molar-refractivity contribution < 1.29 is 9.53 Å². The number of amides is 1. The zero-order valence-corrected chi connectivity index (χ0v) is 12.1. The van der Waals surface area contributed by atoms with Crippen molar-refractivity contribution in [3.8, 4) is 5.75 Å². The highest BCUT2D eigenvalue weighted by atomic mass is 16.5. The number of hydrogen-bond donors (Lipinski definition) is 2. The SMILES string of the molecule is CN(C)c1cccc(OC(C(=O)NN)c2ccccc2)c1. The number of hydrogen-bond acceptors (Lipinski definition) is 4. The first kappa shape index (κ1) is 14.9. The number of nitrogens with two attached hydrogens (primary N) is 1. The molecular formula is C16H19N3O2. The van der Waals surface area contributed by atoms with Gasteiger partial charge in [-0.15, -0.1) is 0 Å². The first-order chi connectivity index (χ1) is 10.1. The molecule has 2 rings (SSSR count). The summed E-state index contributed by atoms with van der Waals surface area (Å²) >= 11 is 0. The third-order valence-electron chi connectivity index (χ3n) is 3.07. The molecule has 1 atom stereocenters. The summed E-state index contributed by atoms with van der Waals surface area (Å²) in [5, 5.41) is 0. The van der Waals surface area contributed by atoms with Gasteiger partial charge in [0, 0.05) is 31.4 Å². The average Bonchev–Trinajstić information content (AvgIpc) is 2.53. The number of ether oxygens (including phenoxy) is 1. The fourth-order valence-corrected chi connectivity index (χ4v) is 1.95. The van der Waals surface area contributed by atoms with Gasteiger partial charge in [0.2, 0.25) is 6.10 Å². The van der Waals surface area contributed by atoms with Crippen LogP contribution in [0.4, 0.5) is 5.69 Å². The Hall–Kier alpha value is -2.53. The molecule has 21 heavy (non-hydrogen) atoms. The molecule has 1 unspecified atom stereocenters. The van der Waals surface area contributed by atoms with Crippen molar-refractivity contribution in [2.45, 2.75) is 6.10 Å². The first-order valence-corrected chi connectivity index (χ1v) is 6.61. The van der Waals surface area contributed by atoms with Crippen LogP contribution in [0.5, 0.6) is 5.75 Å². The van der Waals surface area contributed by atoms with Gasteiger partial charge in [0.05, 0.1) is 0 Å². The molecule has 5 nitrogen and oxygen atoms in total. The van der Waals surface area contributed by atoms with Crippen molar-refractivity contribution in [3.05, 3.63) is 60.2 Å². The van der Waals surface area contributed by atoms with E-state index in [9.17, 15) is 4.79 Å². The molecule has 0 fully saturated rings. The highest BCUT2D eigenvalue weighted by Crippen LogP contribution is 2.25. The zero-order valence-electron chi connectivity index (χ0n) is 12.1. The van der Waals surface area contributed by atoms with Gasteiger partial charge in [-0.2, -0.15) is 0 Å². The van der Waals surface area contributed by atoms with Crippen LogP contribution in [0.15, 0.2) is 54.6 Å². The molecule has 0 aromatic heterocycles. The second-order valence-electron chi connectivity index (χ2n) is 4.81. The summed E-state index contributed by atoms with van der Waals surface area (Å²) in [5.74, 6) is 5.47. The molecule has 0 saturated carbocycles. The van der Waals surface area contributed by atoms with E-state index in [1.54, 1.807) is 0 Å². The molecule has 2 aromatic rings. The van der Waals surface area contributed by atoms with Crippen LogP contribution in [0.1, 0.15) is 11.7 Å². The van der Waals surface area contributed by atoms with Gasteiger partial charge >= 0.3 is 0 Å². The summed E-state index contributed by atoms with van der Waals surface area (Å²) in [7, 11) is 3.89. The monoisotopic (exact) mass is 285 g/mol. The topological polar surface area (TPSA) is 67.6 Å². The molecule has 0 aliphatic carbocycles. The second-order valence-corrected chi connectivity index (χ2v) is 4.81. The highest BCUT2D eigenvalue weighted by Gasteiger charge is 2.21. The van der Waals surface area contributed by atoms with Crippen LogP contribution in [0.2, 0.25) is 0 Å². The normalized spacial score (nSPS) is 11.6. The minimum absolute atomic E-state index is 0.392. The maximum Gasteiger partial charge on any atom is 0.279 e. The Bertz CT molecular complexity index is 599. The molecule has 3 N–H and O–H groups in total. The number of benzene rings is 2. The Morgan fingerprint density at radius 2 is 1.86 bits per heavy atom. The highest BCUT2D eigenvalue weighted by molar-refractivity contribution is 5.82. The number of carbonyl (C=O) groups excluding carboxylic acids is 1. The largest absolute Gasteiger partial charge is 0.476 e. The first-order valence-electron chi connectivity index (χ1n) is 6.61. The summed E-state index contributed by atoms with van der Waals surface area (Å²) in [6.07, 6.45) is -0.784. The van der Waals surface area contributed by atoms with Crippen LogP contribution >= 0.6 is 0 Å². The van der Waals surface area contributed by atoms with E-state index in [0.717, 1.165) is 11.3 Å². The fraction of sp³-hybridized carbons (Fsp3) is 0.188. The molecule has 2 aromatic carbocycles. The van der Waals surface area contributed by atoms with Crippen LogP contribution in [0, 0.1) is 0 Å². The van der Waals surface area contributed by atoms with E-state index in [4.69, 9.17) is 10.6 Å². The van der Waals surface area contributed by atoms with E-state index >= 15 is 0 Å². The van der Waals surface area contributed by atoms with Crippen molar-refractivity contribution in [2.75, 3.05) is 19.0 Å². The molecule has 0 heterocycles. The fourth-order valence-electron chi connectivity index (χ4n) is 1.95. The summed E-state index contributed by atoms with van der Waals surface area (Å²) in [6, 6.07) is 16.8.